The molecule has 1 N–H and O–H groups in total. The van der Waals surface area contributed by atoms with E-state index in [0.29, 0.717) is 12.5 Å². The number of amides is 2. The van der Waals surface area contributed by atoms with Crippen LogP contribution in [0, 0.1) is 11.7 Å². The maximum atomic E-state index is 13.7. The molecule has 1 fully saturated rings. The number of para-hydroxylation sites is 2. The van der Waals surface area contributed by atoms with Crippen LogP contribution in [0.1, 0.15) is 38.2 Å². The molecule has 1 aliphatic rings. The predicted octanol–water partition coefficient (Wildman–Crippen LogP) is 4.33. The number of nitrogens with zero attached hydrogens (tertiary/aromatic N) is 1. The summed E-state index contributed by atoms with van der Waals surface area (Å²) in [5, 5.41) is 2.60. The van der Waals surface area contributed by atoms with Crippen LogP contribution >= 0.6 is 0 Å². The SMILES string of the molecule is CCC(C)c1ccccc1N1CC(C(=O)Nc2ccccc2F)CC1=O. The van der Waals surface area contributed by atoms with E-state index in [4.69, 9.17) is 0 Å². The van der Waals surface area contributed by atoms with Crippen LogP contribution in [0.5, 0.6) is 0 Å². The van der Waals surface area contributed by atoms with Gasteiger partial charge in [0.2, 0.25) is 11.8 Å². The van der Waals surface area contributed by atoms with Crippen LogP contribution < -0.4 is 10.2 Å². The van der Waals surface area contributed by atoms with Crippen molar-refractivity contribution in [2.75, 3.05) is 16.8 Å². The van der Waals surface area contributed by atoms with Gasteiger partial charge in [0.25, 0.3) is 0 Å². The van der Waals surface area contributed by atoms with E-state index in [-0.39, 0.29) is 23.9 Å². The summed E-state index contributed by atoms with van der Waals surface area (Å²) in [6.45, 7) is 4.55. The van der Waals surface area contributed by atoms with Crippen LogP contribution in [-0.4, -0.2) is 18.4 Å². The quantitative estimate of drug-likeness (QED) is 0.869. The summed E-state index contributed by atoms with van der Waals surface area (Å²) >= 11 is 0. The van der Waals surface area contributed by atoms with Crippen LogP contribution in [0.2, 0.25) is 0 Å². The molecule has 136 valence electrons. The van der Waals surface area contributed by atoms with Gasteiger partial charge in [-0.05, 0) is 36.1 Å². The van der Waals surface area contributed by atoms with Crippen LogP contribution in [0.25, 0.3) is 0 Å². The highest BCUT2D eigenvalue weighted by atomic mass is 19.1. The number of benzene rings is 2. The Bertz CT molecular complexity index is 821. The summed E-state index contributed by atoms with van der Waals surface area (Å²) in [6, 6.07) is 13.9. The topological polar surface area (TPSA) is 49.4 Å². The minimum Gasteiger partial charge on any atom is -0.323 e. The highest BCUT2D eigenvalue weighted by molar-refractivity contribution is 6.03. The molecule has 26 heavy (non-hydrogen) atoms. The van der Waals surface area contributed by atoms with Gasteiger partial charge in [-0.15, -0.1) is 0 Å². The van der Waals surface area contributed by atoms with Crippen molar-refractivity contribution in [1.82, 2.24) is 0 Å². The molecule has 0 spiro atoms. The molecule has 2 amide bonds. The van der Waals surface area contributed by atoms with Gasteiger partial charge in [0.15, 0.2) is 0 Å². The van der Waals surface area contributed by atoms with Crippen molar-refractivity contribution >= 4 is 23.2 Å². The molecule has 3 rings (SSSR count). The van der Waals surface area contributed by atoms with Gasteiger partial charge in [0, 0.05) is 18.7 Å². The van der Waals surface area contributed by atoms with Crippen LogP contribution in [0.3, 0.4) is 0 Å². The van der Waals surface area contributed by atoms with E-state index in [1.165, 1.54) is 12.1 Å². The van der Waals surface area contributed by atoms with Crippen molar-refractivity contribution < 1.29 is 14.0 Å². The number of hydrogen-bond donors (Lipinski definition) is 1. The van der Waals surface area contributed by atoms with Gasteiger partial charge in [-0.2, -0.15) is 0 Å². The van der Waals surface area contributed by atoms with E-state index in [1.54, 1.807) is 17.0 Å². The Labute approximate surface area is 153 Å². The molecule has 2 aromatic carbocycles. The van der Waals surface area contributed by atoms with Crippen molar-refractivity contribution in [3.8, 4) is 0 Å². The smallest absolute Gasteiger partial charge is 0.229 e. The van der Waals surface area contributed by atoms with Gasteiger partial charge < -0.3 is 10.2 Å². The molecule has 0 saturated carbocycles. The van der Waals surface area contributed by atoms with Gasteiger partial charge in [-0.3, -0.25) is 9.59 Å². The van der Waals surface area contributed by atoms with Gasteiger partial charge >= 0.3 is 0 Å². The fourth-order valence-corrected chi connectivity index (χ4v) is 3.28. The van der Waals surface area contributed by atoms with E-state index in [1.807, 2.05) is 24.3 Å². The molecule has 1 heterocycles. The fraction of sp³-hybridized carbons (Fsp3) is 0.333. The Kier molecular flexibility index (Phi) is 5.35. The summed E-state index contributed by atoms with van der Waals surface area (Å²) in [6.07, 6.45) is 1.10. The lowest BCUT2D eigenvalue weighted by Gasteiger charge is -2.23. The number of hydrogen-bond acceptors (Lipinski definition) is 2. The molecule has 0 bridgehead atoms. The zero-order chi connectivity index (χ0) is 18.7. The zero-order valence-electron chi connectivity index (χ0n) is 15.0. The fourth-order valence-electron chi connectivity index (χ4n) is 3.28. The minimum atomic E-state index is -0.493. The highest BCUT2D eigenvalue weighted by Crippen LogP contribution is 2.33. The van der Waals surface area contributed by atoms with Gasteiger partial charge in [0.05, 0.1) is 11.6 Å². The van der Waals surface area contributed by atoms with E-state index in [2.05, 4.69) is 19.2 Å². The third-order valence-electron chi connectivity index (χ3n) is 5.00. The second-order valence-electron chi connectivity index (χ2n) is 6.74. The summed E-state index contributed by atoms with van der Waals surface area (Å²) in [5.74, 6) is -1.05. The van der Waals surface area contributed by atoms with Crippen LogP contribution in [0.15, 0.2) is 48.5 Å². The average Bonchev–Trinajstić information content (AvgIpc) is 3.04. The molecule has 1 aliphatic heterocycles. The monoisotopic (exact) mass is 354 g/mol. The second-order valence-corrected chi connectivity index (χ2v) is 6.74. The Hall–Kier alpha value is -2.69. The number of carbonyl (C=O) groups is 2. The van der Waals surface area contributed by atoms with Crippen molar-refractivity contribution in [3.05, 3.63) is 59.9 Å². The number of anilines is 2. The Morgan fingerprint density at radius 2 is 1.92 bits per heavy atom. The number of halogens is 1. The van der Waals surface area contributed by atoms with E-state index < -0.39 is 11.7 Å². The third-order valence-corrected chi connectivity index (χ3v) is 5.00. The first-order chi connectivity index (χ1) is 12.5. The molecule has 0 radical (unpaired) electrons. The molecule has 2 aromatic rings. The Morgan fingerprint density at radius 1 is 1.23 bits per heavy atom. The first-order valence-electron chi connectivity index (χ1n) is 8.96. The standard InChI is InChI=1S/C21H23FN2O2/c1-3-14(2)16-8-4-7-11-19(16)24-13-15(12-20(24)25)21(26)23-18-10-6-5-9-17(18)22/h4-11,14-15H,3,12-13H2,1-2H3,(H,23,26). The second kappa shape index (κ2) is 7.68. The van der Waals surface area contributed by atoms with Crippen molar-refractivity contribution in [2.24, 2.45) is 5.92 Å². The molecule has 0 aromatic heterocycles. The lowest BCUT2D eigenvalue weighted by Crippen LogP contribution is -2.29. The minimum absolute atomic E-state index is 0.0746. The predicted molar refractivity (Wildman–Crippen MR) is 101 cm³/mol. The van der Waals surface area contributed by atoms with Crippen molar-refractivity contribution in [3.63, 3.8) is 0 Å². The maximum Gasteiger partial charge on any atom is 0.229 e. The summed E-state index contributed by atoms with van der Waals surface area (Å²) in [7, 11) is 0. The summed E-state index contributed by atoms with van der Waals surface area (Å²) in [4.78, 5) is 26.7. The Balaban J connectivity index is 1.77. The zero-order valence-corrected chi connectivity index (χ0v) is 15.0. The third kappa shape index (κ3) is 3.62. The molecule has 2 unspecified atom stereocenters. The maximum absolute atomic E-state index is 13.7. The van der Waals surface area contributed by atoms with Gasteiger partial charge in [-0.1, -0.05) is 44.2 Å². The molecular formula is C21H23FN2O2. The number of rotatable bonds is 5. The number of carbonyl (C=O) groups excluding carboxylic acids is 2. The first kappa shape index (κ1) is 18.1. The van der Waals surface area contributed by atoms with E-state index in [0.717, 1.165) is 17.7 Å². The van der Waals surface area contributed by atoms with E-state index >= 15 is 0 Å². The van der Waals surface area contributed by atoms with Gasteiger partial charge in [0.1, 0.15) is 5.82 Å². The number of nitrogens with one attached hydrogen (secondary N) is 1. The lowest BCUT2D eigenvalue weighted by molar-refractivity contribution is -0.122. The molecule has 4 nitrogen and oxygen atoms in total. The molecule has 2 atom stereocenters. The van der Waals surface area contributed by atoms with Gasteiger partial charge in [-0.25, -0.2) is 4.39 Å². The normalized spacial score (nSPS) is 18.0. The van der Waals surface area contributed by atoms with Crippen molar-refractivity contribution in [1.29, 1.82) is 0 Å². The van der Waals surface area contributed by atoms with Crippen molar-refractivity contribution in [2.45, 2.75) is 32.6 Å². The molecule has 0 aliphatic carbocycles. The summed E-state index contributed by atoms with van der Waals surface area (Å²) in [5.41, 5.74) is 2.12. The highest BCUT2D eigenvalue weighted by Gasteiger charge is 2.36. The molecule has 5 heteroatoms. The molecular weight excluding hydrogens is 331 g/mol. The molecule has 1 saturated heterocycles. The lowest BCUT2D eigenvalue weighted by atomic mass is 9.96. The van der Waals surface area contributed by atoms with Crippen LogP contribution in [0.4, 0.5) is 15.8 Å². The average molecular weight is 354 g/mol. The van der Waals surface area contributed by atoms with Crippen LogP contribution in [-0.2, 0) is 9.59 Å². The largest absolute Gasteiger partial charge is 0.323 e. The Morgan fingerprint density at radius 3 is 2.65 bits per heavy atom. The first-order valence-corrected chi connectivity index (χ1v) is 8.96. The summed E-state index contributed by atoms with van der Waals surface area (Å²) < 4.78 is 13.7. The van der Waals surface area contributed by atoms with E-state index in [9.17, 15) is 14.0 Å².